The van der Waals surface area contributed by atoms with Crippen molar-refractivity contribution in [1.82, 2.24) is 14.7 Å². The van der Waals surface area contributed by atoms with Crippen LogP contribution >= 0.6 is 11.6 Å². The number of nitrogens with two attached hydrogens (primary N) is 1. The van der Waals surface area contributed by atoms with E-state index >= 15 is 0 Å². The second-order valence-electron chi connectivity index (χ2n) is 6.29. The highest BCUT2D eigenvalue weighted by Gasteiger charge is 2.17. The number of amides is 1. The summed E-state index contributed by atoms with van der Waals surface area (Å²) >= 11 is 6.28. The predicted octanol–water partition coefficient (Wildman–Crippen LogP) is 2.70. The number of primary amides is 1. The summed E-state index contributed by atoms with van der Waals surface area (Å²) in [5, 5.41) is 4.67. The van der Waals surface area contributed by atoms with Gasteiger partial charge in [-0.15, -0.1) is 0 Å². The topological polar surface area (TPSA) is 73.4 Å². The van der Waals surface area contributed by atoms with Crippen LogP contribution < -0.4 is 10.5 Å². The lowest BCUT2D eigenvalue weighted by atomic mass is 10.1. The van der Waals surface area contributed by atoms with Crippen LogP contribution in [0, 0.1) is 0 Å². The third-order valence-corrected chi connectivity index (χ3v) is 4.80. The van der Waals surface area contributed by atoms with Crippen molar-refractivity contribution in [2.45, 2.75) is 19.3 Å². The van der Waals surface area contributed by atoms with E-state index < -0.39 is 5.91 Å². The number of benzene rings is 1. The molecule has 2 N–H and O–H groups in total. The summed E-state index contributed by atoms with van der Waals surface area (Å²) in [5.41, 5.74) is 7.26. The number of halogens is 1. The zero-order valence-corrected chi connectivity index (χ0v) is 15.1. The van der Waals surface area contributed by atoms with Gasteiger partial charge in [0.15, 0.2) is 0 Å². The van der Waals surface area contributed by atoms with Gasteiger partial charge in [0, 0.05) is 24.7 Å². The van der Waals surface area contributed by atoms with Crippen molar-refractivity contribution in [3.8, 4) is 17.0 Å². The van der Waals surface area contributed by atoms with E-state index in [1.807, 2.05) is 0 Å². The van der Waals surface area contributed by atoms with Crippen molar-refractivity contribution in [2.24, 2.45) is 12.8 Å². The molecule has 0 saturated carbocycles. The summed E-state index contributed by atoms with van der Waals surface area (Å²) in [4.78, 5) is 14.0. The first kappa shape index (κ1) is 17.8. The summed E-state index contributed by atoms with van der Waals surface area (Å²) < 4.78 is 7.68. The fourth-order valence-electron chi connectivity index (χ4n) is 3.18. The van der Waals surface area contributed by atoms with Gasteiger partial charge in [0.25, 0.3) is 0 Å². The summed E-state index contributed by atoms with van der Waals surface area (Å²) in [6.45, 7) is 3.73. The van der Waals surface area contributed by atoms with E-state index in [-0.39, 0.29) is 0 Å². The van der Waals surface area contributed by atoms with E-state index in [1.54, 1.807) is 36.1 Å². The number of aromatic nitrogens is 2. The SMILES string of the molecule is Cn1ncc(Cl)c1-c1cc(C(N)=O)ccc1OCCN1CCCCC1. The van der Waals surface area contributed by atoms with Gasteiger partial charge in [-0.3, -0.25) is 14.4 Å². The van der Waals surface area contributed by atoms with Crippen LogP contribution in [-0.2, 0) is 7.05 Å². The molecular weight excluding hydrogens is 340 g/mol. The molecule has 2 aromatic rings. The van der Waals surface area contributed by atoms with E-state index in [9.17, 15) is 4.79 Å². The largest absolute Gasteiger partial charge is 0.492 e. The maximum Gasteiger partial charge on any atom is 0.248 e. The van der Waals surface area contributed by atoms with E-state index in [0.717, 1.165) is 25.2 Å². The first-order chi connectivity index (χ1) is 12.1. The monoisotopic (exact) mass is 362 g/mol. The minimum Gasteiger partial charge on any atom is -0.492 e. The maximum absolute atomic E-state index is 11.5. The molecule has 0 unspecified atom stereocenters. The fourth-order valence-corrected chi connectivity index (χ4v) is 3.44. The molecule has 1 fully saturated rings. The number of piperidine rings is 1. The van der Waals surface area contributed by atoms with E-state index in [2.05, 4.69) is 10.00 Å². The number of carbonyl (C=O) groups excluding carboxylic acids is 1. The minimum atomic E-state index is -0.487. The van der Waals surface area contributed by atoms with Crippen molar-refractivity contribution in [1.29, 1.82) is 0 Å². The zero-order chi connectivity index (χ0) is 17.8. The third-order valence-electron chi connectivity index (χ3n) is 4.53. The summed E-state index contributed by atoms with van der Waals surface area (Å²) in [7, 11) is 1.80. The smallest absolute Gasteiger partial charge is 0.248 e. The van der Waals surface area contributed by atoms with Crippen molar-refractivity contribution >= 4 is 17.5 Å². The van der Waals surface area contributed by atoms with Crippen LogP contribution in [0.15, 0.2) is 24.4 Å². The van der Waals surface area contributed by atoms with Gasteiger partial charge >= 0.3 is 0 Å². The molecule has 1 saturated heterocycles. The highest BCUT2D eigenvalue weighted by atomic mass is 35.5. The number of nitrogens with zero attached hydrogens (tertiary/aromatic N) is 3. The first-order valence-electron chi connectivity index (χ1n) is 8.53. The molecule has 3 rings (SSSR count). The van der Waals surface area contributed by atoms with E-state index in [1.165, 1.54) is 19.3 Å². The van der Waals surface area contributed by atoms with Crippen LogP contribution in [0.2, 0.25) is 5.02 Å². The Morgan fingerprint density at radius 2 is 2.08 bits per heavy atom. The van der Waals surface area contributed by atoms with Crippen molar-refractivity contribution in [3.63, 3.8) is 0 Å². The van der Waals surface area contributed by atoms with E-state index in [0.29, 0.717) is 28.6 Å². The molecule has 1 amide bonds. The average Bonchev–Trinajstić information content (AvgIpc) is 2.94. The normalized spacial score (nSPS) is 15.3. The van der Waals surface area contributed by atoms with Gasteiger partial charge in [-0.05, 0) is 44.1 Å². The Hall–Kier alpha value is -2.05. The summed E-state index contributed by atoms with van der Waals surface area (Å²) in [5.74, 6) is 0.187. The zero-order valence-electron chi connectivity index (χ0n) is 14.4. The van der Waals surface area contributed by atoms with Gasteiger partial charge in [0.05, 0.1) is 16.9 Å². The Morgan fingerprint density at radius 3 is 2.72 bits per heavy atom. The maximum atomic E-state index is 11.5. The highest BCUT2D eigenvalue weighted by molar-refractivity contribution is 6.33. The van der Waals surface area contributed by atoms with Crippen LogP contribution in [0.1, 0.15) is 29.6 Å². The van der Waals surface area contributed by atoms with Crippen LogP contribution in [0.4, 0.5) is 0 Å². The average molecular weight is 363 g/mol. The van der Waals surface area contributed by atoms with Gasteiger partial charge in [0.2, 0.25) is 5.91 Å². The number of likely N-dealkylation sites (tertiary alicyclic amines) is 1. The molecule has 6 nitrogen and oxygen atoms in total. The van der Waals surface area contributed by atoms with Gasteiger partial charge in [-0.25, -0.2) is 0 Å². The molecule has 7 heteroatoms. The molecule has 2 heterocycles. The Kier molecular flexibility index (Phi) is 5.60. The number of hydrogen-bond acceptors (Lipinski definition) is 4. The van der Waals surface area contributed by atoms with Crippen molar-refractivity contribution in [2.75, 3.05) is 26.2 Å². The molecule has 0 aliphatic carbocycles. The lowest BCUT2D eigenvalue weighted by Crippen LogP contribution is -2.33. The Bertz CT molecular complexity index is 734. The molecule has 1 aliphatic heterocycles. The lowest BCUT2D eigenvalue weighted by molar-refractivity contribution is 0.100. The van der Waals surface area contributed by atoms with Crippen LogP contribution in [-0.4, -0.2) is 46.8 Å². The quantitative estimate of drug-likeness (QED) is 0.857. The number of aryl methyl sites for hydroxylation is 1. The van der Waals surface area contributed by atoms with Crippen LogP contribution in [0.25, 0.3) is 11.3 Å². The molecule has 1 aliphatic rings. The first-order valence-corrected chi connectivity index (χ1v) is 8.91. The number of ether oxygens (including phenoxy) is 1. The molecule has 134 valence electrons. The van der Waals surface area contributed by atoms with Gasteiger partial charge < -0.3 is 10.5 Å². The summed E-state index contributed by atoms with van der Waals surface area (Å²) in [6.07, 6.45) is 5.40. The Labute approximate surface area is 152 Å². The van der Waals surface area contributed by atoms with Gasteiger partial charge in [-0.1, -0.05) is 18.0 Å². The Morgan fingerprint density at radius 1 is 1.32 bits per heavy atom. The lowest BCUT2D eigenvalue weighted by Gasteiger charge is -2.26. The molecule has 0 spiro atoms. The number of rotatable bonds is 6. The summed E-state index contributed by atoms with van der Waals surface area (Å²) in [6, 6.07) is 5.16. The van der Waals surface area contributed by atoms with Crippen molar-refractivity contribution < 1.29 is 9.53 Å². The third kappa shape index (κ3) is 4.14. The number of hydrogen-bond donors (Lipinski definition) is 1. The molecule has 0 radical (unpaired) electrons. The fraction of sp³-hybridized carbons (Fsp3) is 0.444. The van der Waals surface area contributed by atoms with Gasteiger partial charge in [-0.2, -0.15) is 5.10 Å². The van der Waals surface area contributed by atoms with Crippen molar-refractivity contribution in [3.05, 3.63) is 35.0 Å². The standard InChI is InChI=1S/C18H23ClN4O2/c1-22-17(15(19)12-21-22)14-11-13(18(20)24)5-6-16(14)25-10-9-23-7-3-2-4-8-23/h5-6,11-12H,2-4,7-10H2,1H3,(H2,20,24). The highest BCUT2D eigenvalue weighted by Crippen LogP contribution is 2.35. The molecule has 0 atom stereocenters. The van der Waals surface area contributed by atoms with Gasteiger partial charge in [0.1, 0.15) is 12.4 Å². The molecule has 25 heavy (non-hydrogen) atoms. The second kappa shape index (κ2) is 7.89. The predicted molar refractivity (Wildman–Crippen MR) is 98.0 cm³/mol. The minimum absolute atomic E-state index is 0.413. The second-order valence-corrected chi connectivity index (χ2v) is 6.70. The van der Waals surface area contributed by atoms with E-state index in [4.69, 9.17) is 22.1 Å². The van der Waals surface area contributed by atoms with Crippen LogP contribution in [0.5, 0.6) is 5.75 Å². The molecule has 0 bridgehead atoms. The van der Waals surface area contributed by atoms with Crippen LogP contribution in [0.3, 0.4) is 0 Å². The molecular formula is C18H23ClN4O2. The molecule has 1 aromatic carbocycles. The number of carbonyl (C=O) groups is 1. The Balaban J connectivity index is 1.81. The molecule has 1 aromatic heterocycles.